The fraction of sp³-hybridized carbons (Fsp3) is 0.444. The number of carbonyl (C=O) groups is 2. The van der Waals surface area contributed by atoms with Crippen molar-refractivity contribution >= 4 is 52.5 Å². The van der Waals surface area contributed by atoms with Crippen LogP contribution in [0.3, 0.4) is 0 Å². The zero-order chi connectivity index (χ0) is 28.0. The lowest BCUT2D eigenvalue weighted by atomic mass is 9.97. The molecule has 0 amide bonds. The van der Waals surface area contributed by atoms with Gasteiger partial charge in [0.05, 0.1) is 19.6 Å². The molecule has 2 fully saturated rings. The summed E-state index contributed by atoms with van der Waals surface area (Å²) in [4.78, 5) is 24.3. The van der Waals surface area contributed by atoms with Crippen molar-refractivity contribution in [3.05, 3.63) is 71.8 Å². The van der Waals surface area contributed by atoms with Crippen molar-refractivity contribution < 1.29 is 38.0 Å². The van der Waals surface area contributed by atoms with Gasteiger partial charge in [-0.3, -0.25) is 10.2 Å². The van der Waals surface area contributed by atoms with E-state index in [2.05, 4.69) is 0 Å². The molecule has 0 saturated carbocycles. The smallest absolute Gasteiger partial charge is 0.306 e. The SMILES string of the molecule is CC(=O)CCC(=O)O[C@H]1[C@H]2OC(c3ccccc3)OC[C@H]2OC(OC(=N)C(Cl)(Cl)Cl)[C@@H]1OCc1ccccc1. The zero-order valence-corrected chi connectivity index (χ0v) is 23.2. The Labute approximate surface area is 241 Å². The summed E-state index contributed by atoms with van der Waals surface area (Å²) >= 11 is 17.6. The molecule has 9 nitrogen and oxygen atoms in total. The lowest BCUT2D eigenvalue weighted by Gasteiger charge is -2.48. The number of fused-ring (bicyclic) bond motifs is 1. The standard InChI is InChI=1S/C27H28Cl3NO8/c1-16(32)12-13-20(33)37-22-21-19(15-35-24(38-21)18-10-6-3-7-11-18)36-25(39-26(31)27(28,29)30)23(22)34-14-17-8-4-2-5-9-17/h2-11,19,21-25,31H,12-15H2,1H3/t19-,21+,22+,23-,24?,25?/m1/s1. The number of ketones is 1. The Bertz CT molecular complexity index is 1130. The number of nitrogens with one attached hydrogen (secondary N) is 1. The van der Waals surface area contributed by atoms with Gasteiger partial charge in [0.1, 0.15) is 18.0 Å². The summed E-state index contributed by atoms with van der Waals surface area (Å²) < 4.78 is 33.7. The molecule has 2 aromatic rings. The highest BCUT2D eigenvalue weighted by atomic mass is 35.6. The minimum Gasteiger partial charge on any atom is -0.456 e. The van der Waals surface area contributed by atoms with Crippen molar-refractivity contribution in [2.24, 2.45) is 0 Å². The summed E-state index contributed by atoms with van der Waals surface area (Å²) in [6, 6.07) is 18.5. The van der Waals surface area contributed by atoms with E-state index in [1.807, 2.05) is 60.7 Å². The molecule has 2 heterocycles. The first-order valence-electron chi connectivity index (χ1n) is 12.3. The monoisotopic (exact) mass is 599 g/mol. The maximum Gasteiger partial charge on any atom is 0.306 e. The Morgan fingerprint density at radius 1 is 0.949 bits per heavy atom. The van der Waals surface area contributed by atoms with Crippen LogP contribution in [0.5, 0.6) is 0 Å². The number of esters is 1. The van der Waals surface area contributed by atoms with Crippen LogP contribution < -0.4 is 0 Å². The van der Waals surface area contributed by atoms with E-state index in [-0.39, 0.29) is 31.8 Å². The number of ether oxygens (including phenoxy) is 6. The Balaban J connectivity index is 1.64. The van der Waals surface area contributed by atoms with Gasteiger partial charge in [-0.05, 0) is 12.5 Å². The molecule has 0 aromatic heterocycles. The molecule has 2 aliphatic rings. The van der Waals surface area contributed by atoms with Crippen molar-refractivity contribution in [1.29, 1.82) is 5.41 Å². The third kappa shape index (κ3) is 8.14. The maximum absolute atomic E-state index is 12.8. The summed E-state index contributed by atoms with van der Waals surface area (Å²) in [6.45, 7) is 1.53. The summed E-state index contributed by atoms with van der Waals surface area (Å²) in [7, 11) is 0. The Kier molecular flexibility index (Phi) is 10.2. The number of rotatable bonds is 9. The molecule has 6 atom stereocenters. The quantitative estimate of drug-likeness (QED) is 0.184. The predicted octanol–water partition coefficient (Wildman–Crippen LogP) is 5.06. The number of hydrogen-bond donors (Lipinski definition) is 1. The Morgan fingerprint density at radius 2 is 1.62 bits per heavy atom. The van der Waals surface area contributed by atoms with E-state index in [0.717, 1.165) is 11.1 Å². The highest BCUT2D eigenvalue weighted by molar-refractivity contribution is 6.76. The molecule has 2 saturated heterocycles. The average molecular weight is 601 g/mol. The third-order valence-electron chi connectivity index (χ3n) is 6.08. The van der Waals surface area contributed by atoms with Gasteiger partial charge in [-0.25, -0.2) is 0 Å². The van der Waals surface area contributed by atoms with Gasteiger partial charge in [0.2, 0.25) is 12.2 Å². The van der Waals surface area contributed by atoms with Crippen molar-refractivity contribution in [2.45, 2.75) is 67.2 Å². The normalized spacial score (nSPS) is 26.8. The Morgan fingerprint density at radius 3 is 2.26 bits per heavy atom. The zero-order valence-electron chi connectivity index (χ0n) is 21.0. The number of Topliss-reactive ketones (excluding diaryl/α,β-unsaturated/α-hetero) is 1. The van der Waals surface area contributed by atoms with Crippen LogP contribution in [0.1, 0.15) is 37.2 Å². The van der Waals surface area contributed by atoms with Crippen molar-refractivity contribution in [3.63, 3.8) is 0 Å². The first-order valence-corrected chi connectivity index (χ1v) is 13.4. The largest absolute Gasteiger partial charge is 0.456 e. The minimum absolute atomic E-state index is 0.0140. The molecule has 0 radical (unpaired) electrons. The van der Waals surface area contributed by atoms with E-state index in [1.54, 1.807) is 0 Å². The second kappa shape index (κ2) is 13.4. The van der Waals surface area contributed by atoms with E-state index in [9.17, 15) is 9.59 Å². The van der Waals surface area contributed by atoms with Gasteiger partial charge in [-0.1, -0.05) is 95.5 Å². The molecule has 12 heteroatoms. The summed E-state index contributed by atoms with van der Waals surface area (Å²) in [5.41, 5.74) is 1.59. The molecular formula is C27H28Cl3NO8. The van der Waals surface area contributed by atoms with Gasteiger partial charge < -0.3 is 33.2 Å². The van der Waals surface area contributed by atoms with Crippen LogP contribution in [0.15, 0.2) is 60.7 Å². The topological polar surface area (TPSA) is 113 Å². The van der Waals surface area contributed by atoms with Crippen LogP contribution in [0.4, 0.5) is 0 Å². The van der Waals surface area contributed by atoms with Gasteiger partial charge in [-0.2, -0.15) is 0 Å². The van der Waals surface area contributed by atoms with Crippen LogP contribution in [-0.2, 0) is 44.6 Å². The number of carbonyl (C=O) groups excluding carboxylic acids is 2. The van der Waals surface area contributed by atoms with Crippen LogP contribution in [0, 0.1) is 5.41 Å². The van der Waals surface area contributed by atoms with E-state index >= 15 is 0 Å². The molecule has 2 aliphatic heterocycles. The molecular weight excluding hydrogens is 573 g/mol. The summed E-state index contributed by atoms with van der Waals surface area (Å²) in [5.74, 6) is -1.49. The third-order valence-corrected chi connectivity index (χ3v) is 6.60. The molecule has 4 rings (SSSR count). The molecule has 2 unspecified atom stereocenters. The molecule has 0 spiro atoms. The fourth-order valence-corrected chi connectivity index (χ4v) is 4.30. The van der Waals surface area contributed by atoms with Crippen molar-refractivity contribution in [2.75, 3.05) is 6.61 Å². The Hall–Kier alpha value is -2.24. The lowest BCUT2D eigenvalue weighted by Crippen LogP contribution is -2.64. The van der Waals surface area contributed by atoms with E-state index in [1.165, 1.54) is 6.92 Å². The van der Waals surface area contributed by atoms with E-state index < -0.39 is 52.7 Å². The van der Waals surface area contributed by atoms with Crippen molar-refractivity contribution in [1.82, 2.24) is 0 Å². The van der Waals surface area contributed by atoms with E-state index in [4.69, 9.17) is 68.6 Å². The molecule has 39 heavy (non-hydrogen) atoms. The van der Waals surface area contributed by atoms with E-state index in [0.29, 0.717) is 0 Å². The first-order chi connectivity index (χ1) is 18.6. The highest BCUT2D eigenvalue weighted by Gasteiger charge is 2.54. The van der Waals surface area contributed by atoms with Gasteiger partial charge in [0.25, 0.3) is 3.79 Å². The maximum atomic E-state index is 12.8. The average Bonchev–Trinajstić information content (AvgIpc) is 2.92. The number of benzene rings is 2. The number of hydrogen-bond acceptors (Lipinski definition) is 9. The molecule has 1 N–H and O–H groups in total. The fourth-order valence-electron chi connectivity index (χ4n) is 4.17. The summed E-state index contributed by atoms with van der Waals surface area (Å²) in [5, 5.41) is 8.10. The molecule has 210 valence electrons. The van der Waals surface area contributed by atoms with Crippen molar-refractivity contribution in [3.8, 4) is 0 Å². The predicted molar refractivity (Wildman–Crippen MR) is 143 cm³/mol. The lowest BCUT2D eigenvalue weighted by molar-refractivity contribution is -0.358. The number of halogens is 3. The van der Waals surface area contributed by atoms with Gasteiger partial charge in [-0.15, -0.1) is 0 Å². The van der Waals surface area contributed by atoms with Crippen LogP contribution in [-0.4, -0.2) is 58.8 Å². The van der Waals surface area contributed by atoms with Gasteiger partial charge in [0, 0.05) is 12.0 Å². The molecule has 2 aromatic carbocycles. The number of alkyl halides is 3. The second-order valence-corrected chi connectivity index (χ2v) is 11.4. The first kappa shape index (κ1) is 29.7. The van der Waals surface area contributed by atoms with Gasteiger partial charge in [0.15, 0.2) is 18.5 Å². The minimum atomic E-state index is -2.17. The van der Waals surface area contributed by atoms with Crippen LogP contribution in [0.25, 0.3) is 0 Å². The highest BCUT2D eigenvalue weighted by Crippen LogP contribution is 2.38. The van der Waals surface area contributed by atoms with Gasteiger partial charge >= 0.3 is 5.97 Å². The molecule has 0 bridgehead atoms. The summed E-state index contributed by atoms with van der Waals surface area (Å²) in [6.07, 6.45) is -5.99. The van der Waals surface area contributed by atoms with Crippen LogP contribution >= 0.6 is 34.8 Å². The molecule has 0 aliphatic carbocycles. The second-order valence-electron chi connectivity index (χ2n) is 9.08. The van der Waals surface area contributed by atoms with Crippen LogP contribution in [0.2, 0.25) is 0 Å².